The van der Waals surface area contributed by atoms with E-state index in [1.54, 1.807) is 11.0 Å². The van der Waals surface area contributed by atoms with Gasteiger partial charge in [0.05, 0.1) is 29.2 Å². The van der Waals surface area contributed by atoms with Gasteiger partial charge in [-0.25, -0.2) is 13.4 Å². The van der Waals surface area contributed by atoms with Gasteiger partial charge < -0.3 is 9.80 Å². The number of halogens is 1. The van der Waals surface area contributed by atoms with Gasteiger partial charge in [-0.15, -0.1) is 0 Å². The molecule has 2 saturated heterocycles. The van der Waals surface area contributed by atoms with E-state index in [2.05, 4.69) is 16.5 Å². The molecular formula is C24H29ClN6O3S. The van der Waals surface area contributed by atoms with Gasteiger partial charge in [-0.3, -0.25) is 9.52 Å². The van der Waals surface area contributed by atoms with Crippen LogP contribution in [0.15, 0.2) is 24.3 Å². The number of amides is 1. The molecule has 1 amide bonds. The van der Waals surface area contributed by atoms with E-state index in [9.17, 15) is 13.2 Å². The molecule has 0 radical (unpaired) electrons. The van der Waals surface area contributed by atoms with E-state index in [-0.39, 0.29) is 23.2 Å². The number of piperidine rings is 1. The molecule has 3 aromatic rings. The van der Waals surface area contributed by atoms with Gasteiger partial charge in [0.15, 0.2) is 5.65 Å². The van der Waals surface area contributed by atoms with Crippen LogP contribution in [0.4, 0.5) is 11.5 Å². The summed E-state index contributed by atoms with van der Waals surface area (Å²) in [6.45, 7) is 6.62. The molecule has 9 nitrogen and oxygen atoms in total. The fourth-order valence-electron chi connectivity index (χ4n) is 4.88. The molecule has 1 N–H and O–H groups in total. The lowest BCUT2D eigenvalue weighted by atomic mass is 9.98. The van der Waals surface area contributed by atoms with Crippen molar-refractivity contribution in [2.45, 2.75) is 45.6 Å². The number of carbonyl (C=O) groups excluding carboxylic acids is 1. The van der Waals surface area contributed by atoms with Gasteiger partial charge in [-0.05, 0) is 57.7 Å². The highest BCUT2D eigenvalue weighted by molar-refractivity contribution is 7.92. The molecule has 0 aliphatic carbocycles. The Labute approximate surface area is 210 Å². The summed E-state index contributed by atoms with van der Waals surface area (Å²) in [5.74, 6) is 0.789. The van der Waals surface area contributed by atoms with E-state index >= 15 is 0 Å². The number of rotatable bonds is 5. The minimum atomic E-state index is -3.57. The number of nitrogens with one attached hydrogen (secondary N) is 1. The number of benzene rings is 1. The molecule has 2 fully saturated rings. The minimum Gasteiger partial charge on any atom is -0.356 e. The molecule has 0 unspecified atom stereocenters. The van der Waals surface area contributed by atoms with Crippen molar-refractivity contribution in [3.63, 3.8) is 0 Å². The summed E-state index contributed by atoms with van der Waals surface area (Å²) < 4.78 is 28.2. The second-order valence-electron chi connectivity index (χ2n) is 9.40. The maximum atomic E-state index is 13.8. The van der Waals surface area contributed by atoms with Gasteiger partial charge in [0.1, 0.15) is 5.82 Å². The third kappa shape index (κ3) is 4.56. The molecule has 1 atom stereocenters. The first kappa shape index (κ1) is 23.9. The maximum absolute atomic E-state index is 13.8. The predicted molar refractivity (Wildman–Crippen MR) is 137 cm³/mol. The number of likely N-dealkylation sites (tertiary alicyclic amines) is 1. The number of hydrogen-bond donors (Lipinski definition) is 1. The molecule has 11 heteroatoms. The number of nitrogens with zero attached hydrogens (tertiary/aromatic N) is 5. The van der Waals surface area contributed by atoms with Gasteiger partial charge in [0.2, 0.25) is 10.0 Å². The number of aromatic nitrogens is 3. The van der Waals surface area contributed by atoms with Crippen LogP contribution in [0.5, 0.6) is 0 Å². The van der Waals surface area contributed by atoms with E-state index in [1.807, 2.05) is 17.5 Å². The molecule has 2 aliphatic rings. The molecule has 0 spiro atoms. The standard InChI is InChI=1S/C24H29ClN6O3S/c1-15-16(2)26-22-14-20(27-31(22)23(15)29-10-6-11-29)21-7-4-5-12-30(21)24(32)18-13-17(25)8-9-19(18)28-35(3,33)34/h8-9,13-14,21,28H,4-7,10-12H2,1-3H3/t21-/m0/s1. The van der Waals surface area contributed by atoms with Crippen LogP contribution >= 0.6 is 11.6 Å². The Balaban J connectivity index is 1.55. The number of sulfonamides is 1. The Bertz CT molecular complexity index is 1420. The Kier molecular flexibility index (Phi) is 6.13. The zero-order valence-electron chi connectivity index (χ0n) is 20.1. The van der Waals surface area contributed by atoms with Crippen molar-refractivity contribution in [1.82, 2.24) is 19.5 Å². The molecule has 186 valence electrons. The van der Waals surface area contributed by atoms with Crippen molar-refractivity contribution in [3.05, 3.63) is 51.8 Å². The maximum Gasteiger partial charge on any atom is 0.256 e. The lowest BCUT2D eigenvalue weighted by Crippen LogP contribution is -2.40. The first-order valence-electron chi connectivity index (χ1n) is 11.8. The third-order valence-electron chi connectivity index (χ3n) is 6.84. The van der Waals surface area contributed by atoms with Gasteiger partial charge in [-0.2, -0.15) is 9.61 Å². The van der Waals surface area contributed by atoms with E-state index < -0.39 is 10.0 Å². The van der Waals surface area contributed by atoms with E-state index in [4.69, 9.17) is 21.7 Å². The summed E-state index contributed by atoms with van der Waals surface area (Å²) in [5, 5.41) is 5.31. The zero-order chi connectivity index (χ0) is 24.9. The Morgan fingerprint density at radius 1 is 1.11 bits per heavy atom. The summed E-state index contributed by atoms with van der Waals surface area (Å²) in [7, 11) is -3.57. The minimum absolute atomic E-state index is 0.217. The van der Waals surface area contributed by atoms with Crippen LogP contribution in [0.2, 0.25) is 5.02 Å². The normalized spacial score (nSPS) is 18.6. The lowest BCUT2D eigenvalue weighted by Gasteiger charge is -2.35. The highest BCUT2D eigenvalue weighted by Crippen LogP contribution is 2.35. The summed E-state index contributed by atoms with van der Waals surface area (Å²) in [6, 6.07) is 6.33. The van der Waals surface area contributed by atoms with Crippen LogP contribution in [0.25, 0.3) is 5.65 Å². The summed E-state index contributed by atoms with van der Waals surface area (Å²) in [6.07, 6.45) is 4.81. The molecule has 0 bridgehead atoms. The molecule has 2 aromatic heterocycles. The largest absolute Gasteiger partial charge is 0.356 e. The number of anilines is 2. The highest BCUT2D eigenvalue weighted by Gasteiger charge is 2.33. The Morgan fingerprint density at radius 2 is 1.89 bits per heavy atom. The van der Waals surface area contributed by atoms with Crippen LogP contribution in [0.1, 0.15) is 59.0 Å². The van der Waals surface area contributed by atoms with Gasteiger partial charge >= 0.3 is 0 Å². The first-order chi connectivity index (χ1) is 16.6. The monoisotopic (exact) mass is 516 g/mol. The van der Waals surface area contributed by atoms with Crippen molar-refractivity contribution < 1.29 is 13.2 Å². The highest BCUT2D eigenvalue weighted by atomic mass is 35.5. The van der Waals surface area contributed by atoms with Gasteiger partial charge in [-0.1, -0.05) is 11.6 Å². The smallest absolute Gasteiger partial charge is 0.256 e. The molecule has 5 rings (SSSR count). The van der Waals surface area contributed by atoms with E-state index in [1.165, 1.54) is 12.1 Å². The van der Waals surface area contributed by atoms with Crippen molar-refractivity contribution in [1.29, 1.82) is 0 Å². The average Bonchev–Trinajstić information content (AvgIpc) is 3.18. The number of fused-ring (bicyclic) bond motifs is 1. The average molecular weight is 517 g/mol. The van der Waals surface area contributed by atoms with Crippen LogP contribution < -0.4 is 9.62 Å². The molecule has 35 heavy (non-hydrogen) atoms. The predicted octanol–water partition coefficient (Wildman–Crippen LogP) is 3.95. The van der Waals surface area contributed by atoms with E-state index in [0.29, 0.717) is 11.6 Å². The first-order valence-corrected chi connectivity index (χ1v) is 14.1. The number of hydrogen-bond acceptors (Lipinski definition) is 6. The van der Waals surface area contributed by atoms with Crippen LogP contribution in [-0.4, -0.2) is 59.7 Å². The van der Waals surface area contributed by atoms with Crippen LogP contribution in [0, 0.1) is 13.8 Å². The molecule has 4 heterocycles. The third-order valence-corrected chi connectivity index (χ3v) is 7.66. The molecule has 2 aliphatic heterocycles. The topological polar surface area (TPSA) is 99.9 Å². The summed E-state index contributed by atoms with van der Waals surface area (Å²) in [4.78, 5) is 22.6. The van der Waals surface area contributed by atoms with Crippen molar-refractivity contribution in [3.8, 4) is 0 Å². The van der Waals surface area contributed by atoms with E-state index in [0.717, 1.165) is 73.4 Å². The quantitative estimate of drug-likeness (QED) is 0.551. The van der Waals surface area contributed by atoms with Gasteiger partial charge in [0.25, 0.3) is 5.91 Å². The molecule has 1 aromatic carbocycles. The zero-order valence-corrected chi connectivity index (χ0v) is 21.7. The molecular weight excluding hydrogens is 488 g/mol. The second-order valence-corrected chi connectivity index (χ2v) is 11.6. The van der Waals surface area contributed by atoms with Crippen LogP contribution in [-0.2, 0) is 10.0 Å². The van der Waals surface area contributed by atoms with Crippen molar-refractivity contribution in [2.75, 3.05) is 35.5 Å². The van der Waals surface area contributed by atoms with Crippen molar-refractivity contribution >= 4 is 44.7 Å². The fourth-order valence-corrected chi connectivity index (χ4v) is 5.63. The fraction of sp³-hybridized carbons (Fsp3) is 0.458. The van der Waals surface area contributed by atoms with Crippen molar-refractivity contribution in [2.24, 2.45) is 0 Å². The second kappa shape index (κ2) is 8.98. The Hall–Kier alpha value is -2.85. The van der Waals surface area contributed by atoms with Crippen LogP contribution in [0.3, 0.4) is 0 Å². The Morgan fingerprint density at radius 3 is 2.57 bits per heavy atom. The number of carbonyl (C=O) groups is 1. The number of aryl methyl sites for hydroxylation is 1. The summed E-state index contributed by atoms with van der Waals surface area (Å²) >= 11 is 6.20. The SMILES string of the molecule is Cc1nc2cc([C@@H]3CCCCN3C(=O)c3cc(Cl)ccc3NS(C)(=O)=O)nn2c(N2CCC2)c1C. The molecule has 0 saturated carbocycles. The lowest BCUT2D eigenvalue weighted by molar-refractivity contribution is 0.0607. The van der Waals surface area contributed by atoms with Gasteiger partial charge in [0, 0.05) is 42.0 Å². The summed E-state index contributed by atoms with van der Waals surface area (Å²) in [5.41, 5.74) is 4.08.